The van der Waals surface area contributed by atoms with E-state index in [0.29, 0.717) is 25.4 Å². The number of hydrogen-bond acceptors (Lipinski definition) is 5. The molecule has 0 saturated carbocycles. The van der Waals surface area contributed by atoms with E-state index in [1.54, 1.807) is 0 Å². The van der Waals surface area contributed by atoms with Gasteiger partial charge >= 0.3 is 0 Å². The first-order valence-electron chi connectivity index (χ1n) is 10.3. The zero-order chi connectivity index (χ0) is 22.2. The lowest BCUT2D eigenvalue weighted by molar-refractivity contribution is -0.116. The first kappa shape index (κ1) is 22.7. The number of hydrogen-bond donors (Lipinski definition) is 2. The van der Waals surface area contributed by atoms with Gasteiger partial charge in [0.1, 0.15) is 5.75 Å². The second-order valence-corrected chi connectivity index (χ2v) is 8.15. The van der Waals surface area contributed by atoms with Crippen LogP contribution < -0.4 is 15.4 Å². The highest BCUT2D eigenvalue weighted by molar-refractivity contribution is 9.10. The molecule has 0 aliphatic heterocycles. The Balaban J connectivity index is 1.47. The Hall–Kier alpha value is -2.93. The fraction of sp³-hybridized carbons (Fsp3) is 0.292. The topological polar surface area (TPSA) is 76.1 Å². The molecule has 0 aliphatic rings. The fourth-order valence-corrected chi connectivity index (χ4v) is 3.65. The highest BCUT2D eigenvalue weighted by Crippen LogP contribution is 2.26. The van der Waals surface area contributed by atoms with E-state index in [1.165, 1.54) is 5.56 Å². The molecule has 31 heavy (non-hydrogen) atoms. The van der Waals surface area contributed by atoms with Crippen molar-refractivity contribution in [1.29, 1.82) is 0 Å². The van der Waals surface area contributed by atoms with Crippen molar-refractivity contribution in [3.8, 4) is 5.75 Å². The summed E-state index contributed by atoms with van der Waals surface area (Å²) in [6.45, 7) is 6.45. The van der Waals surface area contributed by atoms with E-state index < -0.39 is 0 Å². The molecule has 0 radical (unpaired) electrons. The molecule has 1 aromatic heterocycles. The summed E-state index contributed by atoms with van der Waals surface area (Å²) in [4.78, 5) is 21.1. The molecule has 0 saturated heterocycles. The number of anilines is 3. The van der Waals surface area contributed by atoms with Crippen LogP contribution in [0.25, 0.3) is 0 Å². The van der Waals surface area contributed by atoms with Crippen molar-refractivity contribution in [3.05, 3.63) is 70.0 Å². The molecule has 0 spiro atoms. The van der Waals surface area contributed by atoms with E-state index in [2.05, 4.69) is 55.6 Å². The number of ether oxygens (including phenoxy) is 1. The largest absolute Gasteiger partial charge is 0.492 e. The third-order valence-corrected chi connectivity index (χ3v) is 5.21. The van der Waals surface area contributed by atoms with Crippen LogP contribution in [0.15, 0.2) is 53.0 Å². The molecule has 1 heterocycles. The highest BCUT2D eigenvalue weighted by Gasteiger charge is 2.06. The van der Waals surface area contributed by atoms with Crippen LogP contribution in [0, 0.1) is 13.8 Å². The van der Waals surface area contributed by atoms with Crippen LogP contribution in [-0.4, -0.2) is 22.5 Å². The lowest BCUT2D eigenvalue weighted by Gasteiger charge is -2.11. The standard InChI is InChI=1S/C24H27BrN4O2/c1-4-18-10-11-22(21(25)14-18)31-12-6-9-23(30)28-19-7-5-8-20(15-19)29-24-26-16(2)13-17(3)27-24/h5,7-8,10-11,13-15H,4,6,9,12H2,1-3H3,(H,28,30)(H,26,27,29). The summed E-state index contributed by atoms with van der Waals surface area (Å²) in [6.07, 6.45) is 1.98. The van der Waals surface area contributed by atoms with Gasteiger partial charge in [-0.3, -0.25) is 4.79 Å². The van der Waals surface area contributed by atoms with Crippen molar-refractivity contribution >= 4 is 39.2 Å². The summed E-state index contributed by atoms with van der Waals surface area (Å²) in [7, 11) is 0. The predicted molar refractivity (Wildman–Crippen MR) is 128 cm³/mol. The second-order valence-electron chi connectivity index (χ2n) is 7.30. The van der Waals surface area contributed by atoms with Gasteiger partial charge in [0.05, 0.1) is 11.1 Å². The SMILES string of the molecule is CCc1ccc(OCCCC(=O)Nc2cccc(Nc3nc(C)cc(C)n3)c2)c(Br)c1. The van der Waals surface area contributed by atoms with Crippen LogP contribution in [0.2, 0.25) is 0 Å². The number of halogens is 1. The van der Waals surface area contributed by atoms with Gasteiger partial charge in [0.2, 0.25) is 11.9 Å². The molecule has 3 rings (SSSR count). The van der Waals surface area contributed by atoms with Gasteiger partial charge in [-0.25, -0.2) is 9.97 Å². The zero-order valence-corrected chi connectivity index (χ0v) is 19.6. The summed E-state index contributed by atoms with van der Waals surface area (Å²) in [5, 5.41) is 6.12. The average molecular weight is 483 g/mol. The molecule has 0 atom stereocenters. The lowest BCUT2D eigenvalue weighted by Crippen LogP contribution is -2.13. The number of aromatic nitrogens is 2. The highest BCUT2D eigenvalue weighted by atomic mass is 79.9. The summed E-state index contributed by atoms with van der Waals surface area (Å²) in [6, 6.07) is 15.5. The van der Waals surface area contributed by atoms with Crippen molar-refractivity contribution in [1.82, 2.24) is 9.97 Å². The van der Waals surface area contributed by atoms with Crippen LogP contribution in [0.3, 0.4) is 0 Å². The van der Waals surface area contributed by atoms with Gasteiger partial charge in [-0.15, -0.1) is 0 Å². The fourth-order valence-electron chi connectivity index (χ4n) is 3.11. The molecule has 0 unspecified atom stereocenters. The molecule has 6 nitrogen and oxygen atoms in total. The Morgan fingerprint density at radius 1 is 1.03 bits per heavy atom. The van der Waals surface area contributed by atoms with Gasteiger partial charge < -0.3 is 15.4 Å². The number of carbonyl (C=O) groups excluding carboxylic acids is 1. The quantitative estimate of drug-likeness (QED) is 0.368. The number of carbonyl (C=O) groups is 1. The second kappa shape index (κ2) is 10.9. The Bertz CT molecular complexity index is 1040. The lowest BCUT2D eigenvalue weighted by atomic mass is 10.2. The average Bonchev–Trinajstić information content (AvgIpc) is 2.71. The van der Waals surface area contributed by atoms with Gasteiger partial charge in [0.25, 0.3) is 0 Å². The van der Waals surface area contributed by atoms with Crippen LogP contribution in [0.4, 0.5) is 17.3 Å². The Morgan fingerprint density at radius 2 is 1.77 bits per heavy atom. The number of nitrogens with one attached hydrogen (secondary N) is 2. The van der Waals surface area contributed by atoms with E-state index in [0.717, 1.165) is 39.4 Å². The first-order chi connectivity index (χ1) is 14.9. The minimum Gasteiger partial charge on any atom is -0.492 e. The van der Waals surface area contributed by atoms with Crippen molar-refractivity contribution in [2.24, 2.45) is 0 Å². The van der Waals surface area contributed by atoms with Gasteiger partial charge in [0.15, 0.2) is 0 Å². The van der Waals surface area contributed by atoms with Crippen LogP contribution >= 0.6 is 15.9 Å². The predicted octanol–water partition coefficient (Wildman–Crippen LogP) is 5.96. The number of nitrogens with zero attached hydrogens (tertiary/aromatic N) is 2. The number of amides is 1. The van der Waals surface area contributed by atoms with Crippen molar-refractivity contribution < 1.29 is 9.53 Å². The molecule has 2 N–H and O–H groups in total. The van der Waals surface area contributed by atoms with E-state index in [1.807, 2.05) is 50.2 Å². The van der Waals surface area contributed by atoms with Crippen LogP contribution in [-0.2, 0) is 11.2 Å². The van der Waals surface area contributed by atoms with Crippen molar-refractivity contribution in [2.45, 2.75) is 40.0 Å². The molecular weight excluding hydrogens is 456 g/mol. The third kappa shape index (κ3) is 7.07. The maximum atomic E-state index is 12.3. The Kier molecular flexibility index (Phi) is 8.00. The molecule has 0 bridgehead atoms. The normalized spacial score (nSPS) is 10.6. The van der Waals surface area contributed by atoms with Gasteiger partial charge in [0, 0.05) is 29.2 Å². The van der Waals surface area contributed by atoms with E-state index >= 15 is 0 Å². The molecule has 2 aromatic carbocycles. The molecule has 1 amide bonds. The van der Waals surface area contributed by atoms with Crippen molar-refractivity contribution in [3.63, 3.8) is 0 Å². The third-order valence-electron chi connectivity index (χ3n) is 4.60. The number of benzene rings is 2. The smallest absolute Gasteiger partial charge is 0.227 e. The van der Waals surface area contributed by atoms with Gasteiger partial charge in [-0.05, 0) is 84.6 Å². The van der Waals surface area contributed by atoms with Crippen molar-refractivity contribution in [2.75, 3.05) is 17.2 Å². The molecule has 0 fully saturated rings. The molecule has 7 heteroatoms. The number of aryl methyl sites for hydroxylation is 3. The monoisotopic (exact) mass is 482 g/mol. The zero-order valence-electron chi connectivity index (χ0n) is 18.0. The number of rotatable bonds is 9. The Morgan fingerprint density at radius 3 is 2.48 bits per heavy atom. The minimum absolute atomic E-state index is 0.0520. The Labute approximate surface area is 191 Å². The molecule has 162 valence electrons. The molecule has 0 aliphatic carbocycles. The molecular formula is C24H27BrN4O2. The first-order valence-corrected chi connectivity index (χ1v) is 11.1. The van der Waals surface area contributed by atoms with Gasteiger partial charge in [-0.2, -0.15) is 0 Å². The van der Waals surface area contributed by atoms with Crippen LogP contribution in [0.5, 0.6) is 5.75 Å². The summed E-state index contributed by atoms with van der Waals surface area (Å²) in [5.41, 5.74) is 4.58. The summed E-state index contributed by atoms with van der Waals surface area (Å²) >= 11 is 3.53. The van der Waals surface area contributed by atoms with E-state index in [-0.39, 0.29) is 5.91 Å². The van der Waals surface area contributed by atoms with E-state index in [4.69, 9.17) is 4.74 Å². The van der Waals surface area contributed by atoms with Crippen LogP contribution in [0.1, 0.15) is 36.7 Å². The summed E-state index contributed by atoms with van der Waals surface area (Å²) in [5.74, 6) is 1.28. The van der Waals surface area contributed by atoms with E-state index in [9.17, 15) is 4.79 Å². The maximum Gasteiger partial charge on any atom is 0.227 e. The van der Waals surface area contributed by atoms with Gasteiger partial charge in [-0.1, -0.05) is 19.1 Å². The minimum atomic E-state index is -0.0520. The summed E-state index contributed by atoms with van der Waals surface area (Å²) < 4.78 is 6.73. The molecule has 3 aromatic rings. The maximum absolute atomic E-state index is 12.3.